The van der Waals surface area contributed by atoms with E-state index in [1.165, 1.54) is 0 Å². The first-order valence-electron chi connectivity index (χ1n) is 9.71. The summed E-state index contributed by atoms with van der Waals surface area (Å²) in [5, 5.41) is 2.78. The van der Waals surface area contributed by atoms with Gasteiger partial charge in [0.2, 0.25) is 5.91 Å². The van der Waals surface area contributed by atoms with E-state index in [0.29, 0.717) is 29.2 Å². The van der Waals surface area contributed by atoms with Gasteiger partial charge in [0.1, 0.15) is 11.5 Å². The number of hydrogen-bond acceptors (Lipinski definition) is 4. The molecule has 0 radical (unpaired) electrons. The minimum atomic E-state index is -0.254. The molecule has 2 amide bonds. The lowest BCUT2D eigenvalue weighted by Crippen LogP contribution is -2.44. The fourth-order valence-electron chi connectivity index (χ4n) is 4.57. The quantitative estimate of drug-likeness (QED) is 0.731. The van der Waals surface area contributed by atoms with Crippen molar-refractivity contribution in [3.05, 3.63) is 48.0 Å². The second-order valence-corrected chi connectivity index (χ2v) is 8.98. The van der Waals surface area contributed by atoms with Crippen molar-refractivity contribution >= 4 is 23.6 Å². The second kappa shape index (κ2) is 6.55. The molecule has 1 N–H and O–H groups in total. The molecule has 1 saturated heterocycles. The predicted octanol–water partition coefficient (Wildman–Crippen LogP) is 3.93. The van der Waals surface area contributed by atoms with Gasteiger partial charge in [-0.1, -0.05) is 30.8 Å². The van der Waals surface area contributed by atoms with Crippen molar-refractivity contribution in [1.82, 2.24) is 10.2 Å². The zero-order valence-electron chi connectivity index (χ0n) is 15.8. The number of carbonyl (C=O) groups excluding carboxylic acids is 2. The van der Waals surface area contributed by atoms with Crippen LogP contribution in [-0.2, 0) is 4.79 Å². The molecule has 2 aromatic rings. The standard InChI is InChI=1S/C22H22N2O3S/c1-12-9-15-13(2)21(15)24(12)20(25)11-23-22(26)14-7-8-19-17(10-14)27-16-5-3-4-6-18(16)28-19/h3-8,10,12-13,15,21H,9,11H2,1-2H3,(H,23,26). The van der Waals surface area contributed by atoms with E-state index in [1.54, 1.807) is 23.9 Å². The van der Waals surface area contributed by atoms with Gasteiger partial charge in [0, 0.05) is 17.6 Å². The SMILES string of the molecule is CC1C2CC(C)N(C(=O)CNC(=O)c3ccc4c(c3)Oc3ccccc3S4)C12. The van der Waals surface area contributed by atoms with E-state index in [0.717, 1.165) is 22.0 Å². The summed E-state index contributed by atoms with van der Waals surface area (Å²) in [5.41, 5.74) is 0.499. The lowest BCUT2D eigenvalue weighted by molar-refractivity contribution is -0.132. The van der Waals surface area contributed by atoms with Crippen molar-refractivity contribution in [1.29, 1.82) is 0 Å². The van der Waals surface area contributed by atoms with E-state index in [2.05, 4.69) is 19.2 Å². The fraction of sp³-hybridized carbons (Fsp3) is 0.364. The van der Waals surface area contributed by atoms with Crippen molar-refractivity contribution in [2.45, 2.75) is 42.1 Å². The Bertz CT molecular complexity index is 976. The van der Waals surface area contributed by atoms with Gasteiger partial charge >= 0.3 is 0 Å². The Labute approximate surface area is 168 Å². The van der Waals surface area contributed by atoms with Gasteiger partial charge in [0.25, 0.3) is 5.91 Å². The maximum atomic E-state index is 12.6. The number of carbonyl (C=O) groups is 2. The minimum absolute atomic E-state index is 0.0105. The Kier molecular flexibility index (Phi) is 4.12. The minimum Gasteiger partial charge on any atom is -0.455 e. The summed E-state index contributed by atoms with van der Waals surface area (Å²) in [5.74, 6) is 2.46. The molecule has 6 heteroatoms. The van der Waals surface area contributed by atoms with Gasteiger partial charge in [-0.15, -0.1) is 0 Å². The summed E-state index contributed by atoms with van der Waals surface area (Å²) in [7, 11) is 0. The largest absolute Gasteiger partial charge is 0.455 e. The maximum absolute atomic E-state index is 12.6. The molecule has 2 aromatic carbocycles. The number of nitrogens with zero attached hydrogens (tertiary/aromatic N) is 1. The molecule has 1 saturated carbocycles. The van der Waals surface area contributed by atoms with Crippen molar-refractivity contribution in [2.75, 3.05) is 6.54 Å². The third-order valence-electron chi connectivity index (χ3n) is 6.10. The Hall–Kier alpha value is -2.47. The Balaban J connectivity index is 1.25. The van der Waals surface area contributed by atoms with Crippen LogP contribution in [0.25, 0.3) is 0 Å². The highest BCUT2D eigenvalue weighted by Crippen LogP contribution is 2.52. The van der Waals surface area contributed by atoms with Crippen molar-refractivity contribution < 1.29 is 14.3 Å². The van der Waals surface area contributed by atoms with E-state index in [1.807, 2.05) is 35.2 Å². The van der Waals surface area contributed by atoms with Crippen LogP contribution >= 0.6 is 11.8 Å². The van der Waals surface area contributed by atoms with Crippen molar-refractivity contribution in [3.63, 3.8) is 0 Å². The molecule has 2 fully saturated rings. The molecular formula is C22H22N2O3S. The number of piperidine rings is 1. The number of rotatable bonds is 3. The number of amides is 2. The Morgan fingerprint density at radius 3 is 2.75 bits per heavy atom. The number of nitrogens with one attached hydrogen (secondary N) is 1. The van der Waals surface area contributed by atoms with Gasteiger partial charge < -0.3 is 15.0 Å². The van der Waals surface area contributed by atoms with Gasteiger partial charge in [-0.3, -0.25) is 9.59 Å². The van der Waals surface area contributed by atoms with E-state index < -0.39 is 0 Å². The molecule has 4 atom stereocenters. The van der Waals surface area contributed by atoms with E-state index in [-0.39, 0.29) is 24.4 Å². The number of ether oxygens (including phenoxy) is 1. The van der Waals surface area contributed by atoms with Gasteiger partial charge in [-0.05, 0) is 55.5 Å². The van der Waals surface area contributed by atoms with E-state index in [9.17, 15) is 9.59 Å². The molecule has 1 aliphatic carbocycles. The van der Waals surface area contributed by atoms with E-state index >= 15 is 0 Å². The van der Waals surface area contributed by atoms with Crippen molar-refractivity contribution in [3.8, 4) is 11.5 Å². The lowest BCUT2D eigenvalue weighted by Gasteiger charge is -2.26. The smallest absolute Gasteiger partial charge is 0.251 e. The van der Waals surface area contributed by atoms with Gasteiger partial charge in [0.05, 0.1) is 16.3 Å². The number of benzene rings is 2. The molecule has 0 bridgehead atoms. The zero-order valence-corrected chi connectivity index (χ0v) is 16.7. The molecule has 0 spiro atoms. The van der Waals surface area contributed by atoms with Gasteiger partial charge in [-0.2, -0.15) is 0 Å². The summed E-state index contributed by atoms with van der Waals surface area (Å²) < 4.78 is 5.94. The van der Waals surface area contributed by atoms with Crippen LogP contribution in [0.2, 0.25) is 0 Å². The number of fused-ring (bicyclic) bond motifs is 3. The first-order chi connectivity index (χ1) is 13.5. The molecule has 4 unspecified atom stereocenters. The molecule has 0 aromatic heterocycles. The molecule has 2 aliphatic heterocycles. The second-order valence-electron chi connectivity index (χ2n) is 7.89. The monoisotopic (exact) mass is 394 g/mol. The van der Waals surface area contributed by atoms with Crippen LogP contribution in [0.15, 0.2) is 52.3 Å². The Morgan fingerprint density at radius 1 is 1.14 bits per heavy atom. The molecule has 3 aliphatic rings. The normalized spacial score (nSPS) is 26.6. The summed E-state index contributed by atoms with van der Waals surface area (Å²) in [4.78, 5) is 29.2. The summed E-state index contributed by atoms with van der Waals surface area (Å²) >= 11 is 1.63. The average Bonchev–Trinajstić information content (AvgIpc) is 3.15. The van der Waals surface area contributed by atoms with Crippen LogP contribution in [-0.4, -0.2) is 35.3 Å². The summed E-state index contributed by atoms with van der Waals surface area (Å²) in [6.07, 6.45) is 1.08. The van der Waals surface area contributed by atoms with E-state index in [4.69, 9.17) is 4.74 Å². The van der Waals surface area contributed by atoms with Gasteiger partial charge in [0.15, 0.2) is 0 Å². The van der Waals surface area contributed by atoms with Crippen LogP contribution in [0.4, 0.5) is 0 Å². The average molecular weight is 394 g/mol. The third-order valence-corrected chi connectivity index (χ3v) is 7.22. The number of likely N-dealkylation sites (tertiary alicyclic amines) is 1. The molecule has 5 nitrogen and oxygen atoms in total. The van der Waals surface area contributed by atoms with Crippen LogP contribution < -0.4 is 10.1 Å². The highest BCUT2D eigenvalue weighted by Gasteiger charge is 2.58. The van der Waals surface area contributed by atoms with Gasteiger partial charge in [-0.25, -0.2) is 0 Å². The lowest BCUT2D eigenvalue weighted by atomic mass is 10.1. The molecular weight excluding hydrogens is 372 g/mol. The zero-order chi connectivity index (χ0) is 19.4. The molecule has 144 valence electrons. The highest BCUT2D eigenvalue weighted by atomic mass is 32.2. The molecule has 28 heavy (non-hydrogen) atoms. The molecule has 2 heterocycles. The fourth-order valence-corrected chi connectivity index (χ4v) is 5.50. The van der Waals surface area contributed by atoms with Crippen molar-refractivity contribution in [2.24, 2.45) is 11.8 Å². The maximum Gasteiger partial charge on any atom is 0.251 e. The first-order valence-corrected chi connectivity index (χ1v) is 10.5. The summed E-state index contributed by atoms with van der Waals surface area (Å²) in [6.45, 7) is 4.33. The number of para-hydroxylation sites is 1. The third kappa shape index (κ3) is 2.87. The summed E-state index contributed by atoms with van der Waals surface area (Å²) in [6, 6.07) is 13.9. The van der Waals surface area contributed by atoms with Crippen LogP contribution in [0.1, 0.15) is 30.6 Å². The number of hydrogen-bond donors (Lipinski definition) is 1. The predicted molar refractivity (Wildman–Crippen MR) is 107 cm³/mol. The highest BCUT2D eigenvalue weighted by molar-refractivity contribution is 7.99. The van der Waals surface area contributed by atoms with Crippen LogP contribution in [0.5, 0.6) is 11.5 Å². The topological polar surface area (TPSA) is 58.6 Å². The molecule has 5 rings (SSSR count). The Morgan fingerprint density at radius 2 is 1.93 bits per heavy atom. The van der Waals surface area contributed by atoms with Crippen LogP contribution in [0.3, 0.4) is 0 Å². The first kappa shape index (κ1) is 17.6. The van der Waals surface area contributed by atoms with Crippen LogP contribution in [0, 0.1) is 11.8 Å².